The average molecular weight is 356 g/mol. The van der Waals surface area contributed by atoms with Crippen molar-refractivity contribution < 1.29 is 17.5 Å². The van der Waals surface area contributed by atoms with E-state index in [1.165, 1.54) is 22.9 Å². The Morgan fingerprint density at radius 3 is 2.50 bits per heavy atom. The van der Waals surface area contributed by atoms with Crippen LogP contribution in [0.5, 0.6) is 0 Å². The van der Waals surface area contributed by atoms with Crippen LogP contribution in [0.3, 0.4) is 0 Å². The second kappa shape index (κ2) is 7.47. The number of benzene rings is 1. The second-order valence-corrected chi connectivity index (χ2v) is 8.57. The first-order chi connectivity index (χ1) is 11.5. The molecule has 24 heavy (non-hydrogen) atoms. The molecule has 1 aromatic carbocycles. The topological polar surface area (TPSA) is 49.9 Å². The molecule has 7 heteroatoms. The number of nitrogens with zero attached hydrogens (tertiary/aromatic N) is 2. The van der Waals surface area contributed by atoms with Gasteiger partial charge in [-0.05, 0) is 30.5 Å². The molecule has 1 saturated carbocycles. The molecule has 0 N–H and O–H groups in total. The summed E-state index contributed by atoms with van der Waals surface area (Å²) < 4.78 is 47.7. The number of rotatable bonds is 4. The summed E-state index contributed by atoms with van der Waals surface area (Å²) in [7, 11) is -1.81. The standard InChI is InChI=1S/C17H25FN2O3S/c1-19(16-5-3-2-4-6-16)24(21,22)20-11-12-23-17(13-20)14-7-9-15(18)10-8-14/h7-10,16-17H,2-6,11-13H2,1H3. The lowest BCUT2D eigenvalue weighted by Crippen LogP contribution is -2.51. The molecule has 2 fully saturated rings. The zero-order valence-corrected chi connectivity index (χ0v) is 14.8. The molecular formula is C17H25FN2O3S. The summed E-state index contributed by atoms with van der Waals surface area (Å²) >= 11 is 0. The summed E-state index contributed by atoms with van der Waals surface area (Å²) in [4.78, 5) is 0. The SMILES string of the molecule is CN(C1CCCCC1)S(=O)(=O)N1CCOC(c2ccc(F)cc2)C1. The van der Waals surface area contributed by atoms with Crippen LogP contribution in [0, 0.1) is 5.82 Å². The van der Waals surface area contributed by atoms with Gasteiger partial charge in [0.25, 0.3) is 10.2 Å². The predicted octanol–water partition coefficient (Wildman–Crippen LogP) is 2.71. The zero-order chi connectivity index (χ0) is 17.2. The third-order valence-electron chi connectivity index (χ3n) is 5.05. The molecule has 1 aromatic rings. The molecule has 1 aliphatic heterocycles. The minimum atomic E-state index is -3.50. The number of halogens is 1. The molecule has 1 aliphatic carbocycles. The molecule has 1 saturated heterocycles. The van der Waals surface area contributed by atoms with Crippen molar-refractivity contribution in [3.8, 4) is 0 Å². The van der Waals surface area contributed by atoms with Gasteiger partial charge in [-0.1, -0.05) is 31.4 Å². The fourth-order valence-electron chi connectivity index (χ4n) is 3.53. The van der Waals surface area contributed by atoms with Crippen molar-refractivity contribution in [2.24, 2.45) is 0 Å². The first kappa shape index (κ1) is 17.8. The van der Waals surface area contributed by atoms with E-state index in [0.29, 0.717) is 13.2 Å². The van der Waals surface area contributed by atoms with Crippen LogP contribution in [-0.4, -0.2) is 49.8 Å². The van der Waals surface area contributed by atoms with Gasteiger partial charge in [0, 0.05) is 26.2 Å². The van der Waals surface area contributed by atoms with Gasteiger partial charge in [0.05, 0.1) is 12.7 Å². The van der Waals surface area contributed by atoms with Crippen LogP contribution in [0.4, 0.5) is 4.39 Å². The van der Waals surface area contributed by atoms with Gasteiger partial charge in [0.15, 0.2) is 0 Å². The fourth-order valence-corrected chi connectivity index (χ4v) is 5.11. The normalized spacial score (nSPS) is 24.4. The van der Waals surface area contributed by atoms with E-state index in [4.69, 9.17) is 4.74 Å². The molecule has 1 unspecified atom stereocenters. The van der Waals surface area contributed by atoms with Crippen LogP contribution in [0.1, 0.15) is 43.8 Å². The highest BCUT2D eigenvalue weighted by molar-refractivity contribution is 7.86. The Morgan fingerprint density at radius 2 is 1.83 bits per heavy atom. The van der Waals surface area contributed by atoms with Crippen molar-refractivity contribution in [3.63, 3.8) is 0 Å². The van der Waals surface area contributed by atoms with Gasteiger partial charge in [-0.15, -0.1) is 0 Å². The van der Waals surface area contributed by atoms with Crippen molar-refractivity contribution in [1.29, 1.82) is 0 Å². The van der Waals surface area contributed by atoms with E-state index < -0.39 is 10.2 Å². The molecular weight excluding hydrogens is 331 g/mol. The predicted molar refractivity (Wildman–Crippen MR) is 90.2 cm³/mol. The van der Waals surface area contributed by atoms with Gasteiger partial charge in [0.1, 0.15) is 5.82 Å². The summed E-state index contributed by atoms with van der Waals surface area (Å²) in [6, 6.07) is 6.15. The number of hydrogen-bond acceptors (Lipinski definition) is 3. The Hall–Kier alpha value is -1.02. The Balaban J connectivity index is 1.71. The summed E-state index contributed by atoms with van der Waals surface area (Å²) in [5.41, 5.74) is 0.802. The van der Waals surface area contributed by atoms with Crippen molar-refractivity contribution in [3.05, 3.63) is 35.6 Å². The molecule has 5 nitrogen and oxygen atoms in total. The molecule has 0 amide bonds. The minimum Gasteiger partial charge on any atom is -0.371 e. The van der Waals surface area contributed by atoms with Gasteiger partial charge < -0.3 is 4.74 Å². The fraction of sp³-hybridized carbons (Fsp3) is 0.647. The number of ether oxygens (including phenoxy) is 1. The molecule has 1 heterocycles. The molecule has 0 radical (unpaired) electrons. The lowest BCUT2D eigenvalue weighted by Gasteiger charge is -2.38. The molecule has 0 spiro atoms. The Kier molecular flexibility index (Phi) is 5.54. The van der Waals surface area contributed by atoms with Crippen molar-refractivity contribution in [2.75, 3.05) is 26.7 Å². The molecule has 2 aliphatic rings. The average Bonchev–Trinajstić information content (AvgIpc) is 2.62. The Bertz CT molecular complexity index is 644. The molecule has 0 aromatic heterocycles. The van der Waals surface area contributed by atoms with Gasteiger partial charge in [-0.2, -0.15) is 17.0 Å². The first-order valence-electron chi connectivity index (χ1n) is 8.58. The summed E-state index contributed by atoms with van der Waals surface area (Å²) in [6.45, 7) is 0.974. The van der Waals surface area contributed by atoms with Crippen molar-refractivity contribution >= 4 is 10.2 Å². The summed E-state index contributed by atoms with van der Waals surface area (Å²) in [6.07, 6.45) is 4.88. The number of morpholine rings is 1. The van der Waals surface area contributed by atoms with Crippen LogP contribution < -0.4 is 0 Å². The lowest BCUT2D eigenvalue weighted by molar-refractivity contribution is -0.00466. The summed E-state index contributed by atoms with van der Waals surface area (Å²) in [5.74, 6) is -0.309. The van der Waals surface area contributed by atoms with Crippen LogP contribution in [0.25, 0.3) is 0 Å². The van der Waals surface area contributed by atoms with Gasteiger partial charge >= 0.3 is 0 Å². The maximum atomic E-state index is 13.1. The highest BCUT2D eigenvalue weighted by Crippen LogP contribution is 2.28. The highest BCUT2D eigenvalue weighted by Gasteiger charge is 2.36. The van der Waals surface area contributed by atoms with Crippen molar-refractivity contribution in [1.82, 2.24) is 8.61 Å². The molecule has 0 bridgehead atoms. The van der Waals surface area contributed by atoms with Crippen LogP contribution in [-0.2, 0) is 14.9 Å². The lowest BCUT2D eigenvalue weighted by atomic mass is 9.96. The van der Waals surface area contributed by atoms with E-state index >= 15 is 0 Å². The minimum absolute atomic E-state index is 0.0934. The van der Waals surface area contributed by atoms with Gasteiger partial charge in [-0.3, -0.25) is 0 Å². The van der Waals surface area contributed by atoms with Crippen LogP contribution in [0.15, 0.2) is 24.3 Å². The van der Waals surface area contributed by atoms with Crippen LogP contribution >= 0.6 is 0 Å². The largest absolute Gasteiger partial charge is 0.371 e. The summed E-state index contributed by atoms with van der Waals surface area (Å²) in [5, 5.41) is 0. The first-order valence-corrected chi connectivity index (χ1v) is 9.98. The van der Waals surface area contributed by atoms with E-state index in [1.54, 1.807) is 23.5 Å². The van der Waals surface area contributed by atoms with E-state index in [1.807, 2.05) is 0 Å². The van der Waals surface area contributed by atoms with Gasteiger partial charge in [-0.25, -0.2) is 4.39 Å². The number of hydrogen-bond donors (Lipinski definition) is 0. The van der Waals surface area contributed by atoms with Crippen molar-refractivity contribution in [2.45, 2.75) is 44.2 Å². The smallest absolute Gasteiger partial charge is 0.282 e. The third-order valence-corrected chi connectivity index (χ3v) is 7.06. The Morgan fingerprint density at radius 1 is 1.17 bits per heavy atom. The molecule has 1 atom stereocenters. The molecule has 134 valence electrons. The van der Waals surface area contributed by atoms with E-state index in [2.05, 4.69) is 0 Å². The maximum Gasteiger partial charge on any atom is 0.282 e. The van der Waals surface area contributed by atoms with E-state index in [-0.39, 0.29) is 24.5 Å². The zero-order valence-electron chi connectivity index (χ0n) is 14.0. The highest BCUT2D eigenvalue weighted by atomic mass is 32.2. The van der Waals surface area contributed by atoms with Gasteiger partial charge in [0.2, 0.25) is 0 Å². The van der Waals surface area contributed by atoms with E-state index in [9.17, 15) is 12.8 Å². The Labute approximate surface area is 143 Å². The monoisotopic (exact) mass is 356 g/mol. The quantitative estimate of drug-likeness (QED) is 0.833. The van der Waals surface area contributed by atoms with E-state index in [0.717, 1.165) is 31.2 Å². The second-order valence-electron chi connectivity index (χ2n) is 6.58. The third kappa shape index (κ3) is 3.79. The van der Waals surface area contributed by atoms with Crippen LogP contribution in [0.2, 0.25) is 0 Å². The molecule has 3 rings (SSSR count). The maximum absolute atomic E-state index is 13.1.